The smallest absolute Gasteiger partial charge is 0.255 e. The van der Waals surface area contributed by atoms with Crippen LogP contribution in [0.3, 0.4) is 0 Å². The summed E-state index contributed by atoms with van der Waals surface area (Å²) >= 11 is 0. The molecule has 0 saturated carbocycles. The Labute approximate surface area is 147 Å². The fraction of sp³-hybridized carbons (Fsp3) is 0.500. The van der Waals surface area contributed by atoms with Crippen LogP contribution in [0.5, 0.6) is 0 Å². The molecule has 0 radical (unpaired) electrons. The molecule has 1 aliphatic heterocycles. The molecule has 0 unspecified atom stereocenters. The number of amides is 1. The number of hydrogen-bond acceptors (Lipinski definition) is 5. The molecule has 1 N–H and O–H groups in total. The van der Waals surface area contributed by atoms with Crippen LogP contribution >= 0.6 is 0 Å². The highest BCUT2D eigenvalue weighted by molar-refractivity contribution is 5.95. The van der Waals surface area contributed by atoms with Gasteiger partial charge in [0, 0.05) is 25.0 Å². The van der Waals surface area contributed by atoms with Crippen molar-refractivity contribution >= 4 is 5.91 Å². The number of carbonyl (C=O) groups excluding carboxylic acids is 1. The maximum atomic E-state index is 12.6. The molecule has 1 aliphatic rings. The van der Waals surface area contributed by atoms with Gasteiger partial charge in [-0.25, -0.2) is 0 Å². The second-order valence-corrected chi connectivity index (χ2v) is 6.07. The Balaban J connectivity index is 1.62. The Hall–Kier alpha value is -2.25. The van der Waals surface area contributed by atoms with E-state index in [0.717, 1.165) is 24.4 Å². The van der Waals surface area contributed by atoms with Gasteiger partial charge in [-0.15, -0.1) is 0 Å². The largest absolute Gasteiger partial charge is 0.379 e. The molecule has 7 heteroatoms. The van der Waals surface area contributed by atoms with Crippen LogP contribution in [-0.2, 0) is 22.6 Å². The van der Waals surface area contributed by atoms with Crippen LogP contribution < -0.4 is 5.32 Å². The Kier molecular flexibility index (Phi) is 5.78. The van der Waals surface area contributed by atoms with Crippen molar-refractivity contribution in [2.75, 3.05) is 13.2 Å². The minimum Gasteiger partial charge on any atom is -0.379 e. The number of nitrogens with one attached hydrogen (secondary N) is 1. The van der Waals surface area contributed by atoms with Crippen molar-refractivity contribution in [1.82, 2.24) is 20.1 Å². The number of rotatable bonds is 6. The highest BCUT2D eigenvalue weighted by Crippen LogP contribution is 2.15. The molecule has 7 nitrogen and oxygen atoms in total. The minimum atomic E-state index is -0.193. The van der Waals surface area contributed by atoms with Crippen LogP contribution in [0.2, 0.25) is 0 Å². The third-order valence-corrected chi connectivity index (χ3v) is 4.44. The molecule has 1 fully saturated rings. The molecular weight excluding hydrogens is 320 g/mol. The van der Waals surface area contributed by atoms with E-state index in [4.69, 9.17) is 9.47 Å². The number of carbonyl (C=O) groups is 1. The summed E-state index contributed by atoms with van der Waals surface area (Å²) in [6.45, 7) is 6.12. The number of ether oxygens (including phenoxy) is 2. The Morgan fingerprint density at radius 3 is 3.08 bits per heavy atom. The van der Waals surface area contributed by atoms with Crippen LogP contribution in [0.25, 0.3) is 0 Å². The molecule has 2 atom stereocenters. The van der Waals surface area contributed by atoms with E-state index in [-0.39, 0.29) is 18.1 Å². The molecule has 1 saturated heterocycles. The van der Waals surface area contributed by atoms with E-state index in [1.54, 1.807) is 12.4 Å². The third-order valence-electron chi connectivity index (χ3n) is 4.44. The van der Waals surface area contributed by atoms with Crippen molar-refractivity contribution in [3.63, 3.8) is 0 Å². The molecule has 0 spiro atoms. The first kappa shape index (κ1) is 17.6. The number of aryl methyl sites for hydroxylation is 1. The monoisotopic (exact) mass is 344 g/mol. The molecule has 3 rings (SSSR count). The fourth-order valence-corrected chi connectivity index (χ4v) is 2.95. The van der Waals surface area contributed by atoms with Gasteiger partial charge in [-0.3, -0.25) is 14.5 Å². The Morgan fingerprint density at radius 1 is 1.48 bits per heavy atom. The molecule has 1 amide bonds. The normalized spacial score (nSPS) is 20.4. The molecule has 134 valence electrons. The SMILES string of the molecule is CCn1ncc(C(=O)N[C@@H]2CCOC[C@H]2OCc2ccccn2)c1C. The van der Waals surface area contributed by atoms with Gasteiger partial charge in [-0.2, -0.15) is 5.10 Å². The zero-order valence-corrected chi connectivity index (χ0v) is 14.6. The average Bonchev–Trinajstić information content (AvgIpc) is 3.02. The van der Waals surface area contributed by atoms with Crippen LogP contribution in [0.15, 0.2) is 30.6 Å². The van der Waals surface area contributed by atoms with Crippen LogP contribution in [0, 0.1) is 6.92 Å². The van der Waals surface area contributed by atoms with E-state index < -0.39 is 0 Å². The van der Waals surface area contributed by atoms with Crippen LogP contribution in [0.1, 0.15) is 35.1 Å². The second kappa shape index (κ2) is 8.22. The highest BCUT2D eigenvalue weighted by atomic mass is 16.5. The van der Waals surface area contributed by atoms with Crippen LogP contribution in [-0.4, -0.2) is 46.0 Å². The zero-order valence-electron chi connectivity index (χ0n) is 14.6. The van der Waals surface area contributed by atoms with Gasteiger partial charge in [0.2, 0.25) is 0 Å². The lowest BCUT2D eigenvalue weighted by atomic mass is 10.1. The molecule has 2 aromatic rings. The first-order chi connectivity index (χ1) is 12.2. The molecule has 25 heavy (non-hydrogen) atoms. The number of aromatic nitrogens is 3. The maximum Gasteiger partial charge on any atom is 0.255 e. The lowest BCUT2D eigenvalue weighted by Crippen LogP contribution is -2.50. The molecule has 0 aromatic carbocycles. The van der Waals surface area contributed by atoms with Gasteiger partial charge in [0.15, 0.2) is 0 Å². The first-order valence-electron chi connectivity index (χ1n) is 8.61. The van der Waals surface area contributed by atoms with Crippen molar-refractivity contribution in [3.8, 4) is 0 Å². The fourth-order valence-electron chi connectivity index (χ4n) is 2.95. The number of hydrogen-bond donors (Lipinski definition) is 1. The summed E-state index contributed by atoms with van der Waals surface area (Å²) in [5.41, 5.74) is 2.34. The van der Waals surface area contributed by atoms with Gasteiger partial charge < -0.3 is 14.8 Å². The summed E-state index contributed by atoms with van der Waals surface area (Å²) in [6.07, 6.45) is 3.89. The lowest BCUT2D eigenvalue weighted by Gasteiger charge is -2.32. The summed E-state index contributed by atoms with van der Waals surface area (Å²) in [5, 5.41) is 7.32. The summed E-state index contributed by atoms with van der Waals surface area (Å²) in [5.74, 6) is -0.115. The lowest BCUT2D eigenvalue weighted by molar-refractivity contribution is -0.0743. The van der Waals surface area contributed by atoms with E-state index in [9.17, 15) is 4.79 Å². The van der Waals surface area contributed by atoms with Crippen molar-refractivity contribution in [1.29, 1.82) is 0 Å². The summed E-state index contributed by atoms with van der Waals surface area (Å²) in [4.78, 5) is 16.9. The van der Waals surface area contributed by atoms with E-state index in [0.29, 0.717) is 25.4 Å². The Morgan fingerprint density at radius 2 is 2.36 bits per heavy atom. The summed E-state index contributed by atoms with van der Waals surface area (Å²) in [7, 11) is 0. The van der Waals surface area contributed by atoms with E-state index >= 15 is 0 Å². The summed E-state index contributed by atoms with van der Waals surface area (Å²) in [6, 6.07) is 5.63. The predicted molar refractivity (Wildman–Crippen MR) is 92.1 cm³/mol. The van der Waals surface area contributed by atoms with Gasteiger partial charge in [0.1, 0.15) is 6.10 Å². The Bertz CT molecular complexity index is 702. The number of nitrogens with zero attached hydrogens (tertiary/aromatic N) is 3. The summed E-state index contributed by atoms with van der Waals surface area (Å²) < 4.78 is 13.3. The highest BCUT2D eigenvalue weighted by Gasteiger charge is 2.29. The standard InChI is InChI=1S/C18H24N4O3/c1-3-22-13(2)15(10-20-22)18(23)21-16-7-9-24-12-17(16)25-11-14-6-4-5-8-19-14/h4-6,8,10,16-17H,3,7,9,11-12H2,1-2H3,(H,21,23)/t16-,17-/m1/s1. The number of pyridine rings is 1. The van der Waals surface area contributed by atoms with Crippen molar-refractivity contribution in [3.05, 3.63) is 47.5 Å². The van der Waals surface area contributed by atoms with Crippen molar-refractivity contribution in [2.24, 2.45) is 0 Å². The maximum absolute atomic E-state index is 12.6. The average molecular weight is 344 g/mol. The van der Waals surface area contributed by atoms with Gasteiger partial charge in [-0.05, 0) is 32.4 Å². The molecule has 0 aliphatic carbocycles. The van der Waals surface area contributed by atoms with Gasteiger partial charge in [0.25, 0.3) is 5.91 Å². The molecule has 2 aromatic heterocycles. The minimum absolute atomic E-state index is 0.0886. The third kappa shape index (κ3) is 4.24. The first-order valence-corrected chi connectivity index (χ1v) is 8.61. The van der Waals surface area contributed by atoms with Gasteiger partial charge in [0.05, 0.1) is 36.7 Å². The van der Waals surface area contributed by atoms with E-state index in [1.165, 1.54) is 0 Å². The van der Waals surface area contributed by atoms with Gasteiger partial charge >= 0.3 is 0 Å². The second-order valence-electron chi connectivity index (χ2n) is 6.07. The van der Waals surface area contributed by atoms with E-state index in [1.807, 2.05) is 36.7 Å². The van der Waals surface area contributed by atoms with Gasteiger partial charge in [-0.1, -0.05) is 6.07 Å². The quantitative estimate of drug-likeness (QED) is 0.863. The van der Waals surface area contributed by atoms with E-state index in [2.05, 4.69) is 15.4 Å². The predicted octanol–water partition coefficient (Wildman–Crippen LogP) is 1.71. The molecule has 0 bridgehead atoms. The topological polar surface area (TPSA) is 78.3 Å². The molecule has 3 heterocycles. The van der Waals surface area contributed by atoms with Crippen molar-refractivity contribution < 1.29 is 14.3 Å². The van der Waals surface area contributed by atoms with Crippen LogP contribution in [0.4, 0.5) is 0 Å². The molecular formula is C18H24N4O3. The zero-order chi connectivity index (χ0) is 17.6. The van der Waals surface area contributed by atoms with Crippen molar-refractivity contribution in [2.45, 2.75) is 45.6 Å².